The lowest BCUT2D eigenvalue weighted by molar-refractivity contribution is 0.112. The van der Waals surface area contributed by atoms with Crippen LogP contribution in [0.4, 0.5) is 0 Å². The highest BCUT2D eigenvalue weighted by Gasteiger charge is 2.13. The minimum Gasteiger partial charge on any atom is -0.379 e. The van der Waals surface area contributed by atoms with Crippen molar-refractivity contribution in [2.24, 2.45) is 0 Å². The highest BCUT2D eigenvalue weighted by atomic mass is 35.5. The summed E-state index contributed by atoms with van der Waals surface area (Å²) in [5, 5.41) is 4.33. The predicted octanol–water partition coefficient (Wildman–Crippen LogP) is 4.12. The van der Waals surface area contributed by atoms with Gasteiger partial charge in [0.2, 0.25) is 0 Å². The summed E-state index contributed by atoms with van der Waals surface area (Å²) < 4.78 is 5.69. The van der Waals surface area contributed by atoms with Gasteiger partial charge in [0, 0.05) is 11.6 Å². The Morgan fingerprint density at radius 1 is 1.28 bits per heavy atom. The maximum absolute atomic E-state index is 6.00. The van der Waals surface area contributed by atoms with Crippen LogP contribution in [0.3, 0.4) is 0 Å². The molecule has 18 heavy (non-hydrogen) atoms. The van der Waals surface area contributed by atoms with Crippen molar-refractivity contribution in [1.29, 1.82) is 0 Å². The van der Waals surface area contributed by atoms with Gasteiger partial charge in [0.05, 0.1) is 12.6 Å². The third-order valence-electron chi connectivity index (χ3n) is 2.88. The first kappa shape index (κ1) is 15.5. The Kier molecular flexibility index (Phi) is 7.33. The molecule has 0 radical (unpaired) electrons. The molecule has 0 aliphatic rings. The number of hydrogen-bond acceptors (Lipinski definition) is 2. The Balaban J connectivity index is 2.73. The van der Waals surface area contributed by atoms with E-state index in [4.69, 9.17) is 16.3 Å². The van der Waals surface area contributed by atoms with Crippen LogP contribution in [-0.2, 0) is 4.74 Å². The van der Waals surface area contributed by atoms with Crippen molar-refractivity contribution < 1.29 is 4.74 Å². The molecule has 1 atom stereocenters. The lowest BCUT2D eigenvalue weighted by Crippen LogP contribution is -2.27. The molecule has 0 saturated carbocycles. The van der Waals surface area contributed by atoms with Crippen LogP contribution in [0.2, 0.25) is 5.02 Å². The Labute approximate surface area is 116 Å². The first-order valence-electron chi connectivity index (χ1n) is 6.76. The monoisotopic (exact) mass is 269 g/mol. The van der Waals surface area contributed by atoms with E-state index in [0.717, 1.165) is 37.6 Å². The number of hydrogen-bond donors (Lipinski definition) is 1. The van der Waals surface area contributed by atoms with Crippen molar-refractivity contribution in [3.63, 3.8) is 0 Å². The molecule has 1 unspecified atom stereocenters. The quantitative estimate of drug-likeness (QED) is 0.717. The van der Waals surface area contributed by atoms with E-state index >= 15 is 0 Å². The van der Waals surface area contributed by atoms with E-state index in [0.29, 0.717) is 0 Å². The van der Waals surface area contributed by atoms with Gasteiger partial charge in [-0.1, -0.05) is 31.5 Å². The Morgan fingerprint density at radius 3 is 2.67 bits per heavy atom. The molecule has 0 spiro atoms. The molecular formula is C15H24ClNO. The van der Waals surface area contributed by atoms with E-state index in [1.807, 2.05) is 12.1 Å². The van der Waals surface area contributed by atoms with Crippen LogP contribution in [0, 0.1) is 6.92 Å². The van der Waals surface area contributed by atoms with Gasteiger partial charge in [0.15, 0.2) is 0 Å². The summed E-state index contributed by atoms with van der Waals surface area (Å²) in [5.41, 5.74) is 2.50. The van der Waals surface area contributed by atoms with Gasteiger partial charge < -0.3 is 10.1 Å². The summed E-state index contributed by atoms with van der Waals surface area (Å²) in [6.07, 6.45) is 2.18. The van der Waals surface area contributed by atoms with Crippen molar-refractivity contribution >= 4 is 11.6 Å². The Hall–Kier alpha value is -0.570. The molecule has 1 aromatic rings. The van der Waals surface area contributed by atoms with Crippen LogP contribution in [0.25, 0.3) is 0 Å². The van der Waals surface area contributed by atoms with Crippen molar-refractivity contribution in [3.05, 3.63) is 34.3 Å². The molecule has 0 saturated heterocycles. The normalized spacial score (nSPS) is 12.7. The minimum absolute atomic E-state index is 0.258. The summed E-state index contributed by atoms with van der Waals surface area (Å²) in [7, 11) is 0. The summed E-state index contributed by atoms with van der Waals surface area (Å²) >= 11 is 6.00. The summed E-state index contributed by atoms with van der Waals surface area (Å²) in [5.74, 6) is 0. The molecule has 0 aliphatic heterocycles. The second-order valence-corrected chi connectivity index (χ2v) is 5.02. The molecule has 1 N–H and O–H groups in total. The van der Waals surface area contributed by atoms with E-state index in [1.54, 1.807) is 0 Å². The molecule has 102 valence electrons. The van der Waals surface area contributed by atoms with Gasteiger partial charge in [-0.15, -0.1) is 0 Å². The molecule has 0 amide bonds. The fraction of sp³-hybridized carbons (Fsp3) is 0.600. The van der Waals surface area contributed by atoms with Crippen molar-refractivity contribution in [1.82, 2.24) is 5.32 Å². The number of rotatable bonds is 8. The lowest BCUT2D eigenvalue weighted by Gasteiger charge is -2.21. The number of benzene rings is 1. The summed E-state index contributed by atoms with van der Waals surface area (Å²) in [4.78, 5) is 0. The topological polar surface area (TPSA) is 21.3 Å². The first-order chi connectivity index (χ1) is 8.69. The van der Waals surface area contributed by atoms with Crippen molar-refractivity contribution in [2.45, 2.75) is 39.7 Å². The third-order valence-corrected chi connectivity index (χ3v) is 3.12. The summed E-state index contributed by atoms with van der Waals surface area (Å²) in [6, 6.07) is 6.32. The van der Waals surface area contributed by atoms with Crippen LogP contribution in [0.15, 0.2) is 18.2 Å². The predicted molar refractivity (Wildman–Crippen MR) is 78.3 cm³/mol. The molecule has 0 aliphatic carbocycles. The molecule has 2 nitrogen and oxygen atoms in total. The smallest absolute Gasteiger partial charge is 0.0661 e. The van der Waals surface area contributed by atoms with Gasteiger partial charge in [-0.25, -0.2) is 0 Å². The average Bonchev–Trinajstić information content (AvgIpc) is 2.34. The number of aryl methyl sites for hydroxylation is 1. The van der Waals surface area contributed by atoms with E-state index < -0.39 is 0 Å². The Bertz CT molecular complexity index is 354. The zero-order valence-corrected chi connectivity index (χ0v) is 12.4. The fourth-order valence-corrected chi connectivity index (χ4v) is 2.18. The van der Waals surface area contributed by atoms with Crippen molar-refractivity contribution in [2.75, 3.05) is 19.8 Å². The van der Waals surface area contributed by atoms with Gasteiger partial charge in [0.1, 0.15) is 0 Å². The molecule has 0 heterocycles. The van der Waals surface area contributed by atoms with Gasteiger partial charge in [0.25, 0.3) is 0 Å². The van der Waals surface area contributed by atoms with Crippen LogP contribution in [-0.4, -0.2) is 19.8 Å². The zero-order valence-electron chi connectivity index (χ0n) is 11.6. The molecular weight excluding hydrogens is 246 g/mol. The summed E-state index contributed by atoms with van der Waals surface area (Å²) in [6.45, 7) is 8.94. The van der Waals surface area contributed by atoms with E-state index in [2.05, 4.69) is 32.2 Å². The van der Waals surface area contributed by atoms with Crippen LogP contribution < -0.4 is 5.32 Å². The first-order valence-corrected chi connectivity index (χ1v) is 7.14. The standard InChI is InChI=1S/C15H24ClNO/c1-4-8-17-15(11-18-9-5-2)14-7-6-13(16)10-12(14)3/h6-7,10,15,17H,4-5,8-9,11H2,1-3H3. The molecule has 0 bridgehead atoms. The lowest BCUT2D eigenvalue weighted by atomic mass is 10.0. The van der Waals surface area contributed by atoms with Gasteiger partial charge in [-0.3, -0.25) is 0 Å². The second kappa shape index (κ2) is 8.52. The molecule has 3 heteroatoms. The minimum atomic E-state index is 0.258. The molecule has 0 fully saturated rings. The van der Waals surface area contributed by atoms with E-state index in [-0.39, 0.29) is 6.04 Å². The maximum atomic E-state index is 6.00. The van der Waals surface area contributed by atoms with Crippen molar-refractivity contribution in [3.8, 4) is 0 Å². The van der Waals surface area contributed by atoms with Gasteiger partial charge in [-0.05, 0) is 49.6 Å². The zero-order chi connectivity index (χ0) is 13.4. The second-order valence-electron chi connectivity index (χ2n) is 4.58. The fourth-order valence-electron chi connectivity index (χ4n) is 1.95. The average molecular weight is 270 g/mol. The maximum Gasteiger partial charge on any atom is 0.0661 e. The van der Waals surface area contributed by atoms with Gasteiger partial charge in [-0.2, -0.15) is 0 Å². The van der Waals surface area contributed by atoms with Crippen LogP contribution in [0.5, 0.6) is 0 Å². The molecule has 0 aromatic heterocycles. The number of nitrogens with one attached hydrogen (secondary N) is 1. The van der Waals surface area contributed by atoms with Gasteiger partial charge >= 0.3 is 0 Å². The highest BCUT2D eigenvalue weighted by molar-refractivity contribution is 6.30. The third kappa shape index (κ3) is 4.97. The van der Waals surface area contributed by atoms with E-state index in [1.165, 1.54) is 11.1 Å². The SMILES string of the molecule is CCCNC(COCCC)c1ccc(Cl)cc1C. The number of ether oxygens (including phenoxy) is 1. The largest absolute Gasteiger partial charge is 0.379 e. The molecule has 1 aromatic carbocycles. The Morgan fingerprint density at radius 2 is 2.06 bits per heavy atom. The highest BCUT2D eigenvalue weighted by Crippen LogP contribution is 2.22. The molecule has 1 rings (SSSR count). The van der Waals surface area contributed by atoms with Crippen LogP contribution >= 0.6 is 11.6 Å². The number of halogens is 1. The van der Waals surface area contributed by atoms with Crippen LogP contribution in [0.1, 0.15) is 43.9 Å². The van der Waals surface area contributed by atoms with E-state index in [9.17, 15) is 0 Å².